The predicted molar refractivity (Wildman–Crippen MR) is 97.3 cm³/mol. The van der Waals surface area contributed by atoms with Gasteiger partial charge in [-0.05, 0) is 18.9 Å². The molecule has 1 aliphatic rings. The molecule has 2 amide bonds. The van der Waals surface area contributed by atoms with E-state index in [1.165, 1.54) is 0 Å². The summed E-state index contributed by atoms with van der Waals surface area (Å²) in [6, 6.07) is 7.40. The highest BCUT2D eigenvalue weighted by Crippen LogP contribution is 2.22. The van der Waals surface area contributed by atoms with Gasteiger partial charge >= 0.3 is 0 Å². The minimum atomic E-state index is -0.449. The molecule has 0 saturated carbocycles. The lowest BCUT2D eigenvalue weighted by Crippen LogP contribution is -2.56. The number of carbonyl (C=O) groups excluding carboxylic acids is 2. The molecule has 1 saturated heterocycles. The number of carbonyl (C=O) groups is 2. The normalized spacial score (nSPS) is 18.1. The van der Waals surface area contributed by atoms with Crippen LogP contribution in [0.5, 0.6) is 5.75 Å². The van der Waals surface area contributed by atoms with Crippen LogP contribution >= 0.6 is 0 Å². The van der Waals surface area contributed by atoms with E-state index < -0.39 is 6.04 Å². The molecule has 1 aliphatic heterocycles. The van der Waals surface area contributed by atoms with Gasteiger partial charge in [0.05, 0.1) is 19.1 Å². The van der Waals surface area contributed by atoms with Crippen LogP contribution in [-0.2, 0) is 16.1 Å². The number of benzene rings is 1. The van der Waals surface area contributed by atoms with Crippen molar-refractivity contribution in [3.63, 3.8) is 0 Å². The topological polar surface area (TPSA) is 70.7 Å². The molecule has 138 valence electrons. The number of nitrogens with zero attached hydrogens (tertiary/aromatic N) is 1. The number of hydrogen-bond acceptors (Lipinski definition) is 4. The van der Waals surface area contributed by atoms with E-state index in [1.54, 1.807) is 0 Å². The molecule has 6 nitrogen and oxygen atoms in total. The Bertz CT molecular complexity index is 589. The smallest absolute Gasteiger partial charge is 0.237 e. The van der Waals surface area contributed by atoms with E-state index in [0.29, 0.717) is 38.7 Å². The van der Waals surface area contributed by atoms with Crippen molar-refractivity contribution in [2.24, 2.45) is 5.92 Å². The van der Waals surface area contributed by atoms with Crippen molar-refractivity contribution >= 4 is 11.8 Å². The first kappa shape index (κ1) is 19.2. The molecule has 1 atom stereocenters. The summed E-state index contributed by atoms with van der Waals surface area (Å²) in [4.78, 5) is 26.6. The van der Waals surface area contributed by atoms with Crippen molar-refractivity contribution in [3.05, 3.63) is 29.8 Å². The van der Waals surface area contributed by atoms with Gasteiger partial charge in [0.1, 0.15) is 5.75 Å². The van der Waals surface area contributed by atoms with E-state index in [-0.39, 0.29) is 18.2 Å². The van der Waals surface area contributed by atoms with Gasteiger partial charge in [0, 0.05) is 31.7 Å². The largest absolute Gasteiger partial charge is 0.494 e. The van der Waals surface area contributed by atoms with Crippen LogP contribution in [0.15, 0.2) is 24.3 Å². The maximum Gasteiger partial charge on any atom is 0.237 e. The second-order valence-electron chi connectivity index (χ2n) is 6.72. The molecule has 2 N–H and O–H groups in total. The Balaban J connectivity index is 2.06. The quantitative estimate of drug-likeness (QED) is 0.748. The highest BCUT2D eigenvalue weighted by atomic mass is 16.5. The maximum absolute atomic E-state index is 12.3. The van der Waals surface area contributed by atoms with E-state index in [2.05, 4.69) is 15.5 Å². The Kier molecular flexibility index (Phi) is 7.25. The van der Waals surface area contributed by atoms with Gasteiger partial charge in [-0.1, -0.05) is 32.0 Å². The molecule has 1 aromatic rings. The molecule has 0 aliphatic carbocycles. The lowest BCUT2D eigenvalue weighted by molar-refractivity contribution is -0.134. The summed E-state index contributed by atoms with van der Waals surface area (Å²) in [7, 11) is 0. The van der Waals surface area contributed by atoms with E-state index >= 15 is 0 Å². The number of para-hydroxylation sites is 1. The Morgan fingerprint density at radius 3 is 2.88 bits per heavy atom. The zero-order valence-corrected chi connectivity index (χ0v) is 15.4. The number of hydrogen-bond donors (Lipinski definition) is 2. The van der Waals surface area contributed by atoms with Crippen molar-refractivity contribution < 1.29 is 14.3 Å². The van der Waals surface area contributed by atoms with E-state index in [4.69, 9.17) is 4.74 Å². The molecule has 0 bridgehead atoms. The summed E-state index contributed by atoms with van der Waals surface area (Å²) in [6.07, 6.45) is 0.176. The van der Waals surface area contributed by atoms with Crippen molar-refractivity contribution in [2.75, 3.05) is 26.2 Å². The van der Waals surface area contributed by atoms with Gasteiger partial charge in [0.25, 0.3) is 0 Å². The average Bonchev–Trinajstić information content (AvgIpc) is 2.58. The van der Waals surface area contributed by atoms with Crippen LogP contribution < -0.4 is 15.4 Å². The Hall–Kier alpha value is -2.08. The van der Waals surface area contributed by atoms with Crippen LogP contribution in [0.4, 0.5) is 0 Å². The molecule has 0 unspecified atom stereocenters. The van der Waals surface area contributed by atoms with Crippen molar-refractivity contribution in [3.8, 4) is 5.75 Å². The van der Waals surface area contributed by atoms with Crippen LogP contribution in [0, 0.1) is 5.92 Å². The molecule has 0 radical (unpaired) electrons. The Labute approximate surface area is 149 Å². The van der Waals surface area contributed by atoms with Gasteiger partial charge in [0.15, 0.2) is 0 Å². The van der Waals surface area contributed by atoms with Crippen molar-refractivity contribution in [1.29, 1.82) is 0 Å². The second kappa shape index (κ2) is 9.42. The molecular weight excluding hydrogens is 318 g/mol. The van der Waals surface area contributed by atoms with E-state index in [1.807, 2.05) is 45.0 Å². The predicted octanol–water partition coefficient (Wildman–Crippen LogP) is 1.55. The van der Waals surface area contributed by atoms with Crippen LogP contribution in [0.25, 0.3) is 0 Å². The number of nitrogens with one attached hydrogen (secondary N) is 2. The minimum Gasteiger partial charge on any atom is -0.494 e. The summed E-state index contributed by atoms with van der Waals surface area (Å²) < 4.78 is 5.68. The maximum atomic E-state index is 12.3. The molecule has 6 heteroatoms. The number of rotatable bonds is 8. The van der Waals surface area contributed by atoms with Crippen molar-refractivity contribution in [2.45, 2.75) is 39.8 Å². The van der Waals surface area contributed by atoms with Gasteiger partial charge in [-0.25, -0.2) is 0 Å². The summed E-state index contributed by atoms with van der Waals surface area (Å²) in [5, 5.41) is 5.76. The minimum absolute atomic E-state index is 0.0835. The van der Waals surface area contributed by atoms with Crippen molar-refractivity contribution in [1.82, 2.24) is 15.5 Å². The molecule has 1 aromatic carbocycles. The third-order valence-electron chi connectivity index (χ3n) is 4.17. The molecule has 2 rings (SSSR count). The number of amides is 2. The van der Waals surface area contributed by atoms with Crippen LogP contribution in [0.3, 0.4) is 0 Å². The zero-order valence-electron chi connectivity index (χ0n) is 15.4. The first-order valence-corrected chi connectivity index (χ1v) is 9.00. The summed E-state index contributed by atoms with van der Waals surface area (Å²) in [5.41, 5.74) is 1.03. The summed E-state index contributed by atoms with van der Waals surface area (Å²) in [5.74, 6) is 1.05. The molecule has 1 heterocycles. The summed E-state index contributed by atoms with van der Waals surface area (Å²) >= 11 is 0. The molecular formula is C19H29N3O3. The third-order valence-corrected chi connectivity index (χ3v) is 4.17. The second-order valence-corrected chi connectivity index (χ2v) is 6.72. The lowest BCUT2D eigenvalue weighted by Gasteiger charge is -2.35. The van der Waals surface area contributed by atoms with Crippen LogP contribution in [0.1, 0.15) is 32.8 Å². The van der Waals surface area contributed by atoms with Crippen LogP contribution in [0.2, 0.25) is 0 Å². The monoisotopic (exact) mass is 347 g/mol. The fourth-order valence-electron chi connectivity index (χ4n) is 2.89. The average molecular weight is 347 g/mol. The Morgan fingerprint density at radius 2 is 2.16 bits per heavy atom. The highest BCUT2D eigenvalue weighted by Gasteiger charge is 2.32. The molecule has 0 aromatic heterocycles. The first-order chi connectivity index (χ1) is 12.0. The fourth-order valence-corrected chi connectivity index (χ4v) is 2.89. The van der Waals surface area contributed by atoms with Gasteiger partial charge in [-0.3, -0.25) is 14.5 Å². The Morgan fingerprint density at radius 1 is 1.40 bits per heavy atom. The van der Waals surface area contributed by atoms with E-state index in [0.717, 1.165) is 11.3 Å². The summed E-state index contributed by atoms with van der Waals surface area (Å²) in [6.45, 7) is 9.17. The lowest BCUT2D eigenvalue weighted by atomic mass is 10.1. The third kappa shape index (κ3) is 5.74. The van der Waals surface area contributed by atoms with Crippen LogP contribution in [-0.4, -0.2) is 49.0 Å². The first-order valence-electron chi connectivity index (χ1n) is 9.00. The molecule has 1 fully saturated rings. The number of ether oxygens (including phenoxy) is 1. The van der Waals surface area contributed by atoms with E-state index in [9.17, 15) is 9.59 Å². The number of piperazine rings is 1. The van der Waals surface area contributed by atoms with Gasteiger partial charge < -0.3 is 15.4 Å². The molecule has 25 heavy (non-hydrogen) atoms. The fraction of sp³-hybridized carbons (Fsp3) is 0.579. The van der Waals surface area contributed by atoms with Gasteiger partial charge in [-0.15, -0.1) is 0 Å². The molecule has 0 spiro atoms. The SMILES string of the molecule is CCOc1ccccc1CN1CCNC(=O)[C@H]1CC(=O)NCC(C)C. The van der Waals surface area contributed by atoms with Gasteiger partial charge in [0.2, 0.25) is 11.8 Å². The zero-order chi connectivity index (χ0) is 18.2. The van der Waals surface area contributed by atoms with Gasteiger partial charge in [-0.2, -0.15) is 0 Å². The highest BCUT2D eigenvalue weighted by molar-refractivity contribution is 5.88. The standard InChI is InChI=1S/C19H29N3O3/c1-4-25-17-8-6-5-7-15(17)13-22-10-9-20-19(24)16(22)11-18(23)21-12-14(2)3/h5-8,14,16H,4,9-13H2,1-3H3,(H,20,24)(H,21,23)/t16-/m1/s1.